The van der Waals surface area contributed by atoms with Crippen LogP contribution in [0.25, 0.3) is 0 Å². The Bertz CT molecular complexity index is 402. The van der Waals surface area contributed by atoms with Crippen LogP contribution in [0.15, 0.2) is 30.3 Å². The second-order valence-electron chi connectivity index (χ2n) is 4.19. The van der Waals surface area contributed by atoms with Crippen LogP contribution in [0.3, 0.4) is 0 Å². The minimum Gasteiger partial charge on any atom is -0.298 e. The quantitative estimate of drug-likeness (QED) is 0.795. The molecule has 1 aromatic carbocycles. The minimum absolute atomic E-state index is 0.112. The molecule has 0 aliphatic carbocycles. The highest BCUT2D eigenvalue weighted by Gasteiger charge is 2.48. The van der Waals surface area contributed by atoms with Crippen LogP contribution in [0.2, 0.25) is 0 Å². The Balaban J connectivity index is 2.12. The van der Waals surface area contributed by atoms with Crippen molar-refractivity contribution in [1.82, 2.24) is 4.90 Å². The summed E-state index contributed by atoms with van der Waals surface area (Å²) in [5.41, 5.74) is 0.788. The number of nitrogens with zero attached hydrogens (tertiary/aromatic N) is 1. The highest BCUT2D eigenvalue weighted by molar-refractivity contribution is 5.83. The van der Waals surface area contributed by atoms with E-state index >= 15 is 0 Å². The van der Waals surface area contributed by atoms with Gasteiger partial charge in [-0.1, -0.05) is 30.3 Å². The zero-order valence-electron chi connectivity index (χ0n) is 9.07. The molecule has 1 aliphatic rings. The van der Waals surface area contributed by atoms with E-state index in [2.05, 4.69) is 0 Å². The molecule has 1 aliphatic heterocycles. The van der Waals surface area contributed by atoms with Crippen LogP contribution < -0.4 is 0 Å². The van der Waals surface area contributed by atoms with Gasteiger partial charge in [0.2, 0.25) is 0 Å². The Morgan fingerprint density at radius 2 is 1.88 bits per heavy atom. The van der Waals surface area contributed by atoms with Crippen molar-refractivity contribution in [2.75, 3.05) is 6.54 Å². The van der Waals surface area contributed by atoms with Crippen molar-refractivity contribution in [3.05, 3.63) is 35.9 Å². The van der Waals surface area contributed by atoms with Gasteiger partial charge < -0.3 is 0 Å². The van der Waals surface area contributed by atoms with E-state index in [0.29, 0.717) is 0 Å². The molecule has 0 N–H and O–H groups in total. The lowest BCUT2D eigenvalue weighted by Gasteiger charge is -2.25. The van der Waals surface area contributed by atoms with Crippen molar-refractivity contribution in [3.8, 4) is 0 Å². The predicted octanol–water partition coefficient (Wildman–Crippen LogP) is 2.39. The second kappa shape index (κ2) is 4.49. The minimum atomic E-state index is -4.33. The maximum atomic E-state index is 12.7. The Morgan fingerprint density at radius 3 is 2.47 bits per heavy atom. The van der Waals surface area contributed by atoms with Gasteiger partial charge in [-0.15, -0.1) is 0 Å². The lowest BCUT2D eigenvalue weighted by atomic mass is 10.2. The Hall–Kier alpha value is -1.36. The molecule has 1 saturated heterocycles. The normalized spacial score (nSPS) is 22.1. The number of ketones is 1. The van der Waals surface area contributed by atoms with Gasteiger partial charge in [0, 0.05) is 13.0 Å². The summed E-state index contributed by atoms with van der Waals surface area (Å²) in [4.78, 5) is 12.4. The SMILES string of the molecule is O=C1CC(C(F)(F)F)N(Cc2ccccc2)C1. The average Bonchev–Trinajstić information content (AvgIpc) is 2.60. The summed E-state index contributed by atoms with van der Waals surface area (Å²) in [7, 11) is 0. The van der Waals surface area contributed by atoms with Gasteiger partial charge in [-0.2, -0.15) is 13.2 Å². The standard InChI is InChI=1S/C12H12F3NO/c13-12(14,15)11-6-10(17)8-16(11)7-9-4-2-1-3-5-9/h1-5,11H,6-8H2. The van der Waals surface area contributed by atoms with E-state index in [-0.39, 0.29) is 18.9 Å². The summed E-state index contributed by atoms with van der Waals surface area (Å²) < 4.78 is 38.1. The van der Waals surface area contributed by atoms with E-state index in [1.807, 2.05) is 0 Å². The summed E-state index contributed by atoms with van der Waals surface area (Å²) >= 11 is 0. The zero-order valence-corrected chi connectivity index (χ0v) is 9.07. The van der Waals surface area contributed by atoms with Gasteiger partial charge in [-0.25, -0.2) is 0 Å². The maximum absolute atomic E-state index is 12.7. The molecule has 0 aromatic heterocycles. The van der Waals surface area contributed by atoms with Crippen molar-refractivity contribution in [2.45, 2.75) is 25.2 Å². The van der Waals surface area contributed by atoms with Crippen LogP contribution in [-0.4, -0.2) is 29.4 Å². The fourth-order valence-electron chi connectivity index (χ4n) is 2.05. The van der Waals surface area contributed by atoms with Gasteiger partial charge in [0.05, 0.1) is 6.54 Å². The molecular formula is C12H12F3NO. The van der Waals surface area contributed by atoms with E-state index in [4.69, 9.17) is 0 Å². The number of Topliss-reactive ketones (excluding diaryl/α,β-unsaturated/α-hetero) is 1. The molecule has 2 nitrogen and oxygen atoms in total. The second-order valence-corrected chi connectivity index (χ2v) is 4.19. The smallest absolute Gasteiger partial charge is 0.298 e. The van der Waals surface area contributed by atoms with Gasteiger partial charge in [0.15, 0.2) is 0 Å². The van der Waals surface area contributed by atoms with E-state index in [0.717, 1.165) is 5.56 Å². The number of carbonyl (C=O) groups is 1. The molecule has 5 heteroatoms. The topological polar surface area (TPSA) is 20.3 Å². The summed E-state index contributed by atoms with van der Waals surface area (Å²) in [5, 5.41) is 0. The van der Waals surface area contributed by atoms with Crippen molar-refractivity contribution in [1.29, 1.82) is 0 Å². The monoisotopic (exact) mass is 243 g/mol. The van der Waals surface area contributed by atoms with Crippen LogP contribution in [0.4, 0.5) is 13.2 Å². The summed E-state index contributed by atoms with van der Waals surface area (Å²) in [6.07, 6.45) is -4.75. The van der Waals surface area contributed by atoms with Gasteiger partial charge in [-0.05, 0) is 5.56 Å². The van der Waals surface area contributed by atoms with E-state index in [1.165, 1.54) is 4.90 Å². The lowest BCUT2D eigenvalue weighted by molar-refractivity contribution is -0.177. The maximum Gasteiger partial charge on any atom is 0.404 e. The first kappa shape index (κ1) is 12.1. The van der Waals surface area contributed by atoms with E-state index in [1.54, 1.807) is 30.3 Å². The molecular weight excluding hydrogens is 231 g/mol. The van der Waals surface area contributed by atoms with Crippen LogP contribution in [0.1, 0.15) is 12.0 Å². The Labute approximate surface area is 97.0 Å². The van der Waals surface area contributed by atoms with Crippen LogP contribution in [-0.2, 0) is 11.3 Å². The number of carbonyl (C=O) groups excluding carboxylic acids is 1. The Morgan fingerprint density at radius 1 is 1.24 bits per heavy atom. The molecule has 2 rings (SSSR count). The largest absolute Gasteiger partial charge is 0.404 e. The molecule has 1 aromatic rings. The third-order valence-corrected chi connectivity index (χ3v) is 2.85. The van der Waals surface area contributed by atoms with Crippen LogP contribution >= 0.6 is 0 Å². The van der Waals surface area contributed by atoms with Crippen molar-refractivity contribution >= 4 is 5.78 Å². The number of halogens is 3. The average molecular weight is 243 g/mol. The number of hydrogen-bond acceptors (Lipinski definition) is 2. The van der Waals surface area contributed by atoms with Crippen molar-refractivity contribution in [3.63, 3.8) is 0 Å². The first-order chi connectivity index (χ1) is 7.97. The molecule has 0 bridgehead atoms. The highest BCUT2D eigenvalue weighted by atomic mass is 19.4. The summed E-state index contributed by atoms with van der Waals surface area (Å²) in [6.45, 7) is 0.0514. The first-order valence-corrected chi connectivity index (χ1v) is 5.33. The van der Waals surface area contributed by atoms with Gasteiger partial charge in [-0.3, -0.25) is 9.69 Å². The number of likely N-dealkylation sites (tertiary alicyclic amines) is 1. The van der Waals surface area contributed by atoms with Crippen molar-refractivity contribution < 1.29 is 18.0 Å². The predicted molar refractivity (Wildman–Crippen MR) is 56.3 cm³/mol. The number of hydrogen-bond donors (Lipinski definition) is 0. The first-order valence-electron chi connectivity index (χ1n) is 5.33. The van der Waals surface area contributed by atoms with Gasteiger partial charge in [0.1, 0.15) is 11.8 Å². The highest BCUT2D eigenvalue weighted by Crippen LogP contribution is 2.32. The molecule has 1 atom stereocenters. The van der Waals surface area contributed by atoms with E-state index in [9.17, 15) is 18.0 Å². The fourth-order valence-corrected chi connectivity index (χ4v) is 2.05. The third-order valence-electron chi connectivity index (χ3n) is 2.85. The molecule has 0 saturated carbocycles. The third kappa shape index (κ3) is 2.85. The summed E-state index contributed by atoms with van der Waals surface area (Å²) in [6, 6.07) is 7.24. The zero-order chi connectivity index (χ0) is 12.5. The van der Waals surface area contributed by atoms with Crippen LogP contribution in [0.5, 0.6) is 0 Å². The van der Waals surface area contributed by atoms with Crippen molar-refractivity contribution in [2.24, 2.45) is 0 Å². The van der Waals surface area contributed by atoms with Gasteiger partial charge in [0.25, 0.3) is 0 Å². The van der Waals surface area contributed by atoms with Gasteiger partial charge >= 0.3 is 6.18 Å². The number of alkyl halides is 3. The molecule has 0 spiro atoms. The molecule has 1 unspecified atom stereocenters. The Kier molecular flexibility index (Phi) is 3.19. The lowest BCUT2D eigenvalue weighted by Crippen LogP contribution is -2.40. The molecule has 0 radical (unpaired) electrons. The molecule has 1 heterocycles. The molecule has 1 fully saturated rings. The molecule has 0 amide bonds. The fraction of sp³-hybridized carbons (Fsp3) is 0.417. The molecule has 17 heavy (non-hydrogen) atoms. The summed E-state index contributed by atoms with van der Waals surface area (Å²) in [5.74, 6) is -0.344. The van der Waals surface area contributed by atoms with Crippen LogP contribution in [0, 0.1) is 0 Å². The number of benzene rings is 1. The number of rotatable bonds is 2. The van der Waals surface area contributed by atoms with E-state index < -0.39 is 18.6 Å². The molecule has 92 valence electrons.